The number of hydrogen-bond donors (Lipinski definition) is 2. The Morgan fingerprint density at radius 2 is 2.19 bits per heavy atom. The number of halogens is 2. The van der Waals surface area contributed by atoms with Crippen LogP contribution in [0.5, 0.6) is 0 Å². The molecule has 0 bridgehead atoms. The number of pyridine rings is 1. The molecule has 0 spiro atoms. The second-order valence-electron chi connectivity index (χ2n) is 3.38. The van der Waals surface area contributed by atoms with E-state index >= 15 is 0 Å². The molecule has 0 aromatic carbocycles. The minimum atomic E-state index is -2.59. The number of aliphatic carboxylic acids is 1. The summed E-state index contributed by atoms with van der Waals surface area (Å²) in [5.74, 6) is -1.07. The normalized spacial score (nSPS) is 12.8. The van der Waals surface area contributed by atoms with Crippen molar-refractivity contribution in [1.29, 1.82) is 0 Å². The molecule has 3 N–H and O–H groups in total. The number of carboxylic acid groups (broad SMARTS) is 1. The van der Waals surface area contributed by atoms with Gasteiger partial charge in [0.25, 0.3) is 6.43 Å². The van der Waals surface area contributed by atoms with Gasteiger partial charge in [0.05, 0.1) is 0 Å². The third-order valence-corrected chi connectivity index (χ3v) is 2.13. The molecule has 1 aromatic rings. The lowest BCUT2D eigenvalue weighted by molar-refractivity contribution is -0.138. The lowest BCUT2D eigenvalue weighted by Gasteiger charge is -2.06. The van der Waals surface area contributed by atoms with E-state index in [1.54, 1.807) is 0 Å². The molecule has 0 saturated heterocycles. The molecule has 1 rings (SSSR count). The number of aromatic nitrogens is 1. The van der Waals surface area contributed by atoms with Gasteiger partial charge < -0.3 is 10.8 Å². The molecule has 1 heterocycles. The standard InChI is InChI=1S/C10H12F2N2O2/c11-9(12)8-4-2-6(5-14-8)1-3-7(13)10(15)16/h2,4-5,7,9H,1,3,13H2,(H,15,16). The van der Waals surface area contributed by atoms with Crippen molar-refractivity contribution in [3.8, 4) is 0 Å². The van der Waals surface area contributed by atoms with Crippen molar-refractivity contribution in [2.24, 2.45) is 5.73 Å². The molecular weight excluding hydrogens is 218 g/mol. The van der Waals surface area contributed by atoms with Gasteiger partial charge in [-0.25, -0.2) is 8.78 Å². The molecule has 0 amide bonds. The van der Waals surface area contributed by atoms with Gasteiger partial charge in [0, 0.05) is 6.20 Å². The van der Waals surface area contributed by atoms with Gasteiger partial charge in [0.2, 0.25) is 0 Å². The number of rotatable bonds is 5. The number of nitrogens with two attached hydrogens (primary N) is 1. The fourth-order valence-electron chi connectivity index (χ4n) is 1.16. The molecule has 6 heteroatoms. The van der Waals surface area contributed by atoms with Crippen molar-refractivity contribution in [2.75, 3.05) is 0 Å². The topological polar surface area (TPSA) is 76.2 Å². The van der Waals surface area contributed by atoms with Crippen LogP contribution in [-0.4, -0.2) is 22.1 Å². The van der Waals surface area contributed by atoms with E-state index < -0.39 is 18.4 Å². The molecule has 0 saturated carbocycles. The van der Waals surface area contributed by atoms with Crippen LogP contribution < -0.4 is 5.73 Å². The minimum Gasteiger partial charge on any atom is -0.480 e. The van der Waals surface area contributed by atoms with Crippen molar-refractivity contribution in [3.63, 3.8) is 0 Å². The Labute approximate surface area is 91.1 Å². The Morgan fingerprint density at radius 1 is 1.50 bits per heavy atom. The molecule has 0 radical (unpaired) electrons. The molecular formula is C10H12F2N2O2. The summed E-state index contributed by atoms with van der Waals surface area (Å²) in [7, 11) is 0. The van der Waals surface area contributed by atoms with Gasteiger partial charge in [0.15, 0.2) is 0 Å². The summed E-state index contributed by atoms with van der Waals surface area (Å²) in [6.07, 6.45) is -0.610. The van der Waals surface area contributed by atoms with Gasteiger partial charge in [-0.15, -0.1) is 0 Å². The molecule has 0 aliphatic heterocycles. The maximum absolute atomic E-state index is 12.2. The fourth-order valence-corrected chi connectivity index (χ4v) is 1.16. The zero-order valence-electron chi connectivity index (χ0n) is 8.44. The summed E-state index contributed by atoms with van der Waals surface area (Å²) in [6.45, 7) is 0. The van der Waals surface area contributed by atoms with E-state index in [2.05, 4.69) is 4.98 Å². The van der Waals surface area contributed by atoms with Gasteiger partial charge in [-0.3, -0.25) is 9.78 Å². The van der Waals surface area contributed by atoms with Crippen molar-refractivity contribution in [1.82, 2.24) is 4.98 Å². The second kappa shape index (κ2) is 5.50. The number of nitrogens with zero attached hydrogens (tertiary/aromatic N) is 1. The Morgan fingerprint density at radius 3 is 2.62 bits per heavy atom. The fraction of sp³-hybridized carbons (Fsp3) is 0.400. The molecule has 4 nitrogen and oxygen atoms in total. The number of hydrogen-bond acceptors (Lipinski definition) is 3. The molecule has 0 aliphatic carbocycles. The van der Waals surface area contributed by atoms with Gasteiger partial charge in [-0.2, -0.15) is 0 Å². The Bertz CT molecular complexity index is 354. The quantitative estimate of drug-likeness (QED) is 0.800. The smallest absolute Gasteiger partial charge is 0.320 e. The van der Waals surface area contributed by atoms with E-state index in [1.165, 1.54) is 18.3 Å². The Kier molecular flexibility index (Phi) is 4.30. The minimum absolute atomic E-state index is 0.255. The highest BCUT2D eigenvalue weighted by Crippen LogP contribution is 2.16. The highest BCUT2D eigenvalue weighted by atomic mass is 19.3. The molecule has 16 heavy (non-hydrogen) atoms. The predicted octanol–water partition coefficient (Wildman–Crippen LogP) is 1.36. The highest BCUT2D eigenvalue weighted by molar-refractivity contribution is 5.73. The second-order valence-corrected chi connectivity index (χ2v) is 3.38. The first-order chi connectivity index (χ1) is 7.50. The number of carbonyl (C=O) groups is 1. The zero-order chi connectivity index (χ0) is 12.1. The van der Waals surface area contributed by atoms with Crippen LogP contribution in [0.25, 0.3) is 0 Å². The predicted molar refractivity (Wildman–Crippen MR) is 53.1 cm³/mol. The molecule has 88 valence electrons. The monoisotopic (exact) mass is 230 g/mol. The van der Waals surface area contributed by atoms with Crippen molar-refractivity contribution < 1.29 is 18.7 Å². The van der Waals surface area contributed by atoms with Crippen LogP contribution >= 0.6 is 0 Å². The first-order valence-corrected chi connectivity index (χ1v) is 4.72. The SMILES string of the molecule is NC(CCc1ccc(C(F)F)nc1)C(=O)O. The van der Waals surface area contributed by atoms with E-state index in [0.29, 0.717) is 12.0 Å². The summed E-state index contributed by atoms with van der Waals surface area (Å²) >= 11 is 0. The molecule has 1 atom stereocenters. The number of carboxylic acids is 1. The number of aryl methyl sites for hydroxylation is 1. The van der Waals surface area contributed by atoms with E-state index in [0.717, 1.165) is 0 Å². The molecule has 1 unspecified atom stereocenters. The van der Waals surface area contributed by atoms with Crippen LogP contribution in [0.1, 0.15) is 24.1 Å². The van der Waals surface area contributed by atoms with E-state index in [-0.39, 0.29) is 12.1 Å². The first kappa shape index (κ1) is 12.5. The summed E-state index contributed by atoms with van der Waals surface area (Å²) in [6, 6.07) is 1.80. The van der Waals surface area contributed by atoms with Gasteiger partial charge in [-0.1, -0.05) is 6.07 Å². The molecule has 0 fully saturated rings. The van der Waals surface area contributed by atoms with Crippen LogP contribution in [0.3, 0.4) is 0 Å². The van der Waals surface area contributed by atoms with Gasteiger partial charge >= 0.3 is 5.97 Å². The molecule has 0 aliphatic rings. The van der Waals surface area contributed by atoms with Crippen molar-refractivity contribution in [3.05, 3.63) is 29.6 Å². The van der Waals surface area contributed by atoms with Crippen LogP contribution in [0.4, 0.5) is 8.78 Å². The number of alkyl halides is 2. The van der Waals surface area contributed by atoms with Crippen LogP contribution in [-0.2, 0) is 11.2 Å². The largest absolute Gasteiger partial charge is 0.480 e. The summed E-state index contributed by atoms with van der Waals surface area (Å²) < 4.78 is 24.3. The van der Waals surface area contributed by atoms with Gasteiger partial charge in [-0.05, 0) is 24.5 Å². The lowest BCUT2D eigenvalue weighted by atomic mass is 10.1. The Balaban J connectivity index is 2.52. The average molecular weight is 230 g/mol. The van der Waals surface area contributed by atoms with Crippen LogP contribution in [0.2, 0.25) is 0 Å². The van der Waals surface area contributed by atoms with Crippen LogP contribution in [0, 0.1) is 0 Å². The summed E-state index contributed by atoms with van der Waals surface area (Å²) in [4.78, 5) is 14.0. The van der Waals surface area contributed by atoms with E-state index in [1.807, 2.05) is 0 Å². The van der Waals surface area contributed by atoms with Crippen molar-refractivity contribution >= 4 is 5.97 Å². The highest BCUT2D eigenvalue weighted by Gasteiger charge is 2.12. The third kappa shape index (κ3) is 3.54. The lowest BCUT2D eigenvalue weighted by Crippen LogP contribution is -2.30. The Hall–Kier alpha value is -1.56. The van der Waals surface area contributed by atoms with Crippen molar-refractivity contribution in [2.45, 2.75) is 25.3 Å². The third-order valence-electron chi connectivity index (χ3n) is 2.13. The van der Waals surface area contributed by atoms with Crippen LogP contribution in [0.15, 0.2) is 18.3 Å². The summed E-state index contributed by atoms with van der Waals surface area (Å²) in [5, 5.41) is 8.54. The first-order valence-electron chi connectivity index (χ1n) is 4.72. The maximum atomic E-state index is 12.2. The maximum Gasteiger partial charge on any atom is 0.320 e. The van der Waals surface area contributed by atoms with E-state index in [4.69, 9.17) is 10.8 Å². The average Bonchev–Trinajstić information content (AvgIpc) is 2.26. The summed E-state index contributed by atoms with van der Waals surface area (Å²) in [5.41, 5.74) is 5.71. The van der Waals surface area contributed by atoms with E-state index in [9.17, 15) is 13.6 Å². The molecule has 1 aromatic heterocycles. The zero-order valence-corrected chi connectivity index (χ0v) is 8.44. The van der Waals surface area contributed by atoms with Gasteiger partial charge in [0.1, 0.15) is 11.7 Å².